The molecule has 2 saturated carbocycles. The second-order valence-electron chi connectivity index (χ2n) is 9.55. The van der Waals surface area contributed by atoms with Gasteiger partial charge in [0.25, 0.3) is 0 Å². The van der Waals surface area contributed by atoms with Gasteiger partial charge in [0, 0.05) is 12.1 Å². The average Bonchev–Trinajstić information content (AvgIpc) is 2.83. The van der Waals surface area contributed by atoms with Crippen LogP contribution in [-0.2, 0) is 9.59 Å². The van der Waals surface area contributed by atoms with Gasteiger partial charge in [-0.1, -0.05) is 44.6 Å². The van der Waals surface area contributed by atoms with E-state index in [-0.39, 0.29) is 35.9 Å². The van der Waals surface area contributed by atoms with Crippen LogP contribution >= 0.6 is 11.6 Å². The number of nitrogens with one attached hydrogen (secondary N) is 1. The van der Waals surface area contributed by atoms with Crippen LogP contribution in [0.1, 0.15) is 89.7 Å². The van der Waals surface area contributed by atoms with Gasteiger partial charge in [-0.2, -0.15) is 0 Å². The van der Waals surface area contributed by atoms with E-state index in [0.29, 0.717) is 11.5 Å². The van der Waals surface area contributed by atoms with E-state index < -0.39 is 6.04 Å². The van der Waals surface area contributed by atoms with Gasteiger partial charge in [-0.25, -0.2) is 0 Å². The summed E-state index contributed by atoms with van der Waals surface area (Å²) in [5.74, 6) is 0.698. The Hall–Kier alpha value is -1.95. The Balaban J connectivity index is 1.99. The van der Waals surface area contributed by atoms with Crippen molar-refractivity contribution in [2.75, 3.05) is 13.0 Å². The van der Waals surface area contributed by atoms with Crippen LogP contribution in [0.15, 0.2) is 18.2 Å². The molecule has 2 amide bonds. The van der Waals surface area contributed by atoms with Crippen molar-refractivity contribution in [3.63, 3.8) is 0 Å². The molecule has 1 aromatic carbocycles. The lowest BCUT2D eigenvalue weighted by molar-refractivity contribution is -0.143. The Kier molecular flexibility index (Phi) is 9.72. The van der Waals surface area contributed by atoms with Crippen LogP contribution in [0, 0.1) is 0 Å². The van der Waals surface area contributed by atoms with Crippen molar-refractivity contribution >= 4 is 23.4 Å². The maximum Gasteiger partial charge on any atom is 0.247 e. The van der Waals surface area contributed by atoms with Crippen LogP contribution < -0.4 is 14.8 Å². The van der Waals surface area contributed by atoms with Gasteiger partial charge in [0.05, 0.1) is 13.2 Å². The maximum absolute atomic E-state index is 13.8. The van der Waals surface area contributed by atoms with Gasteiger partial charge in [-0.05, 0) is 57.2 Å². The van der Waals surface area contributed by atoms with Crippen LogP contribution in [0.2, 0.25) is 0 Å². The molecule has 1 aromatic rings. The number of hydrogen-bond donors (Lipinski definition) is 1. The smallest absolute Gasteiger partial charge is 0.247 e. The van der Waals surface area contributed by atoms with E-state index in [9.17, 15) is 9.59 Å². The zero-order chi connectivity index (χ0) is 23.8. The van der Waals surface area contributed by atoms with Crippen molar-refractivity contribution in [1.29, 1.82) is 0 Å². The van der Waals surface area contributed by atoms with Crippen LogP contribution in [0.25, 0.3) is 0 Å². The second kappa shape index (κ2) is 12.5. The molecule has 6 nitrogen and oxygen atoms in total. The van der Waals surface area contributed by atoms with Crippen LogP contribution in [0.4, 0.5) is 0 Å². The van der Waals surface area contributed by atoms with Crippen LogP contribution in [-0.4, -0.2) is 47.9 Å². The summed E-state index contributed by atoms with van der Waals surface area (Å²) >= 11 is 6.07. The number of carbonyl (C=O) groups excluding carboxylic acids is 2. The van der Waals surface area contributed by atoms with Gasteiger partial charge in [0.2, 0.25) is 11.8 Å². The number of halogens is 1. The Morgan fingerprint density at radius 2 is 1.67 bits per heavy atom. The molecule has 2 fully saturated rings. The molecule has 0 radical (unpaired) electrons. The number of rotatable bonds is 9. The van der Waals surface area contributed by atoms with Gasteiger partial charge in [0.1, 0.15) is 11.9 Å². The summed E-state index contributed by atoms with van der Waals surface area (Å²) in [7, 11) is 1.59. The summed E-state index contributed by atoms with van der Waals surface area (Å²) in [6.07, 6.45) is 10.5. The molecule has 0 aromatic heterocycles. The molecular formula is C26H39ClN2O4. The molecule has 0 aliphatic heterocycles. The van der Waals surface area contributed by atoms with E-state index in [1.165, 1.54) is 6.42 Å². The molecular weight excluding hydrogens is 440 g/mol. The Bertz CT molecular complexity index is 788. The largest absolute Gasteiger partial charge is 0.493 e. The lowest BCUT2D eigenvalue weighted by atomic mass is 9.90. The minimum atomic E-state index is -0.747. The molecule has 33 heavy (non-hydrogen) atoms. The standard InChI is InChI=1S/C26H39ClN2O4/c1-18(2)33-22-15-14-19(16-23(22)32-3)25(26(31)28-20-10-6-4-7-11-20)29(24(30)17-27)21-12-8-5-9-13-21/h14-16,18,20-21,25H,4-13,17H2,1-3H3,(H,28,31)/t25-/m0/s1. The molecule has 1 atom stereocenters. The number of alkyl halides is 1. The normalized spacial score (nSPS) is 18.6. The molecule has 1 N–H and O–H groups in total. The number of benzene rings is 1. The Labute approximate surface area is 203 Å². The Morgan fingerprint density at radius 1 is 1.03 bits per heavy atom. The van der Waals surface area contributed by atoms with Gasteiger partial charge >= 0.3 is 0 Å². The van der Waals surface area contributed by atoms with Crippen LogP contribution in [0.3, 0.4) is 0 Å². The fraction of sp³-hybridized carbons (Fsp3) is 0.692. The highest BCUT2D eigenvalue weighted by Crippen LogP contribution is 2.36. The Morgan fingerprint density at radius 3 is 2.24 bits per heavy atom. The third-order valence-corrected chi connectivity index (χ3v) is 6.94. The van der Waals surface area contributed by atoms with E-state index in [1.54, 1.807) is 12.0 Å². The summed E-state index contributed by atoms with van der Waals surface area (Å²) in [5.41, 5.74) is 0.723. The van der Waals surface area contributed by atoms with Crippen molar-refractivity contribution in [2.24, 2.45) is 0 Å². The van der Waals surface area contributed by atoms with Gasteiger partial charge in [0.15, 0.2) is 11.5 Å². The first kappa shape index (κ1) is 25.7. The van der Waals surface area contributed by atoms with Crippen molar-refractivity contribution in [1.82, 2.24) is 10.2 Å². The minimum absolute atomic E-state index is 0.00434. The number of methoxy groups -OCH3 is 1. The molecule has 0 spiro atoms. The number of carbonyl (C=O) groups is 2. The zero-order valence-corrected chi connectivity index (χ0v) is 21.0. The fourth-order valence-electron chi connectivity index (χ4n) is 5.16. The van der Waals surface area contributed by atoms with E-state index in [0.717, 1.165) is 63.4 Å². The van der Waals surface area contributed by atoms with E-state index in [1.807, 2.05) is 32.0 Å². The van der Waals surface area contributed by atoms with Crippen molar-refractivity contribution < 1.29 is 19.1 Å². The average molecular weight is 479 g/mol. The highest BCUT2D eigenvalue weighted by molar-refractivity contribution is 6.27. The van der Waals surface area contributed by atoms with Gasteiger partial charge in [-0.15, -0.1) is 11.6 Å². The fourth-order valence-corrected chi connectivity index (χ4v) is 5.30. The second-order valence-corrected chi connectivity index (χ2v) is 9.82. The predicted octanol–water partition coefficient (Wildman–Crippen LogP) is 5.37. The highest BCUT2D eigenvalue weighted by Gasteiger charge is 2.37. The molecule has 0 heterocycles. The molecule has 7 heteroatoms. The molecule has 0 saturated heterocycles. The highest BCUT2D eigenvalue weighted by atomic mass is 35.5. The lowest BCUT2D eigenvalue weighted by Crippen LogP contribution is -2.51. The summed E-state index contributed by atoms with van der Waals surface area (Å²) < 4.78 is 11.5. The van der Waals surface area contributed by atoms with Gasteiger partial charge in [-0.3, -0.25) is 9.59 Å². The first-order valence-electron chi connectivity index (χ1n) is 12.5. The molecule has 2 aliphatic carbocycles. The van der Waals surface area contributed by atoms with Crippen LogP contribution in [0.5, 0.6) is 11.5 Å². The monoisotopic (exact) mass is 478 g/mol. The van der Waals surface area contributed by atoms with E-state index >= 15 is 0 Å². The number of hydrogen-bond acceptors (Lipinski definition) is 4. The summed E-state index contributed by atoms with van der Waals surface area (Å²) in [4.78, 5) is 28.7. The topological polar surface area (TPSA) is 67.9 Å². The summed E-state index contributed by atoms with van der Waals surface area (Å²) in [5, 5.41) is 3.25. The SMILES string of the molecule is COc1cc([C@@H](C(=O)NC2CCCCC2)N(C(=O)CCl)C2CCCCC2)ccc1OC(C)C. The van der Waals surface area contributed by atoms with Gasteiger partial charge < -0.3 is 19.7 Å². The van der Waals surface area contributed by atoms with Crippen molar-refractivity contribution in [3.05, 3.63) is 23.8 Å². The summed E-state index contributed by atoms with van der Waals surface area (Å²) in [6, 6.07) is 4.95. The molecule has 2 aliphatic rings. The van der Waals surface area contributed by atoms with Crippen molar-refractivity contribution in [2.45, 2.75) is 102 Å². The molecule has 184 valence electrons. The maximum atomic E-state index is 13.8. The number of amides is 2. The van der Waals surface area contributed by atoms with Crippen molar-refractivity contribution in [3.8, 4) is 11.5 Å². The summed E-state index contributed by atoms with van der Waals surface area (Å²) in [6.45, 7) is 3.91. The third-order valence-electron chi connectivity index (χ3n) is 6.71. The quantitative estimate of drug-likeness (QED) is 0.484. The lowest BCUT2D eigenvalue weighted by Gasteiger charge is -2.40. The number of ether oxygens (including phenoxy) is 2. The van der Waals surface area contributed by atoms with E-state index in [2.05, 4.69) is 5.32 Å². The first-order chi connectivity index (χ1) is 15.9. The number of nitrogens with zero attached hydrogens (tertiary/aromatic N) is 1. The molecule has 3 rings (SSSR count). The predicted molar refractivity (Wildman–Crippen MR) is 131 cm³/mol. The molecule has 0 unspecified atom stereocenters. The van der Waals surface area contributed by atoms with E-state index in [4.69, 9.17) is 21.1 Å². The minimum Gasteiger partial charge on any atom is -0.493 e. The first-order valence-corrected chi connectivity index (χ1v) is 13.0. The third kappa shape index (κ3) is 6.78. The molecule has 0 bridgehead atoms. The zero-order valence-electron chi connectivity index (χ0n) is 20.3.